The van der Waals surface area contributed by atoms with Crippen molar-refractivity contribution in [1.82, 2.24) is 14.7 Å². The largest absolute Gasteiger partial charge is 0.468 e. The van der Waals surface area contributed by atoms with Crippen molar-refractivity contribution in [2.45, 2.75) is 39.0 Å². The van der Waals surface area contributed by atoms with E-state index in [2.05, 4.69) is 11.5 Å². The molecule has 2 aromatic heterocycles. The summed E-state index contributed by atoms with van der Waals surface area (Å²) in [4.78, 5) is 2.10. The van der Waals surface area contributed by atoms with E-state index in [-0.39, 0.29) is 5.82 Å². The van der Waals surface area contributed by atoms with Crippen LogP contribution in [0.4, 0.5) is 4.39 Å². The minimum Gasteiger partial charge on any atom is -0.468 e. The van der Waals surface area contributed by atoms with E-state index >= 15 is 0 Å². The second kappa shape index (κ2) is 11.6. The van der Waals surface area contributed by atoms with Crippen molar-refractivity contribution in [1.29, 1.82) is 0 Å². The summed E-state index contributed by atoms with van der Waals surface area (Å²) >= 11 is 0. The second-order valence-corrected chi connectivity index (χ2v) is 8.44. The Kier molecular flexibility index (Phi) is 8.13. The number of aliphatic hydroxyl groups is 1. The number of halogens is 1. The Morgan fingerprint density at radius 1 is 1.14 bits per heavy atom. The summed E-state index contributed by atoms with van der Waals surface area (Å²) in [6.45, 7) is 7.07. The Labute approximate surface area is 204 Å². The molecule has 0 radical (unpaired) electrons. The van der Waals surface area contributed by atoms with Gasteiger partial charge in [0.1, 0.15) is 17.3 Å². The summed E-state index contributed by atoms with van der Waals surface area (Å²) in [7, 11) is 0. The number of hydrogen-bond acceptors (Lipinski definition) is 5. The molecule has 4 rings (SSSR count). The molecule has 0 aliphatic heterocycles. The fourth-order valence-electron chi connectivity index (χ4n) is 3.94. The van der Waals surface area contributed by atoms with E-state index < -0.39 is 6.10 Å². The number of aryl methyl sites for hydroxylation is 1. The molecule has 0 aliphatic carbocycles. The SMILES string of the molecule is C=CCC[C@H](O)CN(Cc1ccco1)Cc1c(C)nn(-c2ccccc2)c1Oc1cccc(F)c1. The van der Waals surface area contributed by atoms with Crippen LogP contribution in [0.25, 0.3) is 5.69 Å². The Bertz CT molecular complexity index is 1220. The number of benzene rings is 2. The third-order valence-corrected chi connectivity index (χ3v) is 5.66. The number of para-hydroxylation sites is 1. The van der Waals surface area contributed by atoms with Gasteiger partial charge < -0.3 is 14.3 Å². The maximum Gasteiger partial charge on any atom is 0.227 e. The van der Waals surface area contributed by atoms with E-state index in [0.717, 1.165) is 29.1 Å². The lowest BCUT2D eigenvalue weighted by molar-refractivity contribution is 0.0939. The summed E-state index contributed by atoms with van der Waals surface area (Å²) in [5.74, 6) is 1.30. The van der Waals surface area contributed by atoms with Gasteiger partial charge in [0.15, 0.2) is 0 Å². The van der Waals surface area contributed by atoms with Gasteiger partial charge in [-0.2, -0.15) is 5.10 Å². The molecule has 0 bridgehead atoms. The fraction of sp³-hybridized carbons (Fsp3) is 0.250. The van der Waals surface area contributed by atoms with Gasteiger partial charge in [0.2, 0.25) is 5.88 Å². The Morgan fingerprint density at radius 2 is 1.97 bits per heavy atom. The van der Waals surface area contributed by atoms with E-state index in [0.29, 0.717) is 37.7 Å². The van der Waals surface area contributed by atoms with Crippen molar-refractivity contribution < 1.29 is 18.7 Å². The van der Waals surface area contributed by atoms with Gasteiger partial charge in [-0.15, -0.1) is 6.58 Å². The first-order valence-corrected chi connectivity index (χ1v) is 11.6. The highest BCUT2D eigenvalue weighted by Gasteiger charge is 2.23. The topological polar surface area (TPSA) is 63.7 Å². The lowest BCUT2D eigenvalue weighted by Crippen LogP contribution is -2.32. The van der Waals surface area contributed by atoms with E-state index in [1.54, 1.807) is 29.2 Å². The molecule has 2 aromatic carbocycles. The molecule has 0 amide bonds. The lowest BCUT2D eigenvalue weighted by Gasteiger charge is -2.24. The van der Waals surface area contributed by atoms with Crippen LogP contribution in [0.3, 0.4) is 0 Å². The molecular weight excluding hydrogens is 445 g/mol. The lowest BCUT2D eigenvalue weighted by atomic mass is 10.1. The van der Waals surface area contributed by atoms with E-state index in [9.17, 15) is 9.50 Å². The summed E-state index contributed by atoms with van der Waals surface area (Å²) in [6, 6.07) is 19.5. The van der Waals surface area contributed by atoms with E-state index in [1.165, 1.54) is 12.1 Å². The molecule has 35 heavy (non-hydrogen) atoms. The maximum absolute atomic E-state index is 13.9. The van der Waals surface area contributed by atoms with Crippen LogP contribution >= 0.6 is 0 Å². The summed E-state index contributed by atoms with van der Waals surface area (Å²) in [6.07, 6.45) is 4.26. The van der Waals surface area contributed by atoms with Crippen LogP contribution in [0, 0.1) is 12.7 Å². The molecule has 182 valence electrons. The first-order chi connectivity index (χ1) is 17.0. The first-order valence-electron chi connectivity index (χ1n) is 11.6. The third kappa shape index (κ3) is 6.47. The number of nitrogens with zero attached hydrogens (tertiary/aromatic N) is 3. The normalized spacial score (nSPS) is 12.1. The first kappa shape index (κ1) is 24.4. The minimum atomic E-state index is -0.528. The third-order valence-electron chi connectivity index (χ3n) is 5.66. The molecule has 1 N–H and O–H groups in total. The smallest absolute Gasteiger partial charge is 0.227 e. The average Bonchev–Trinajstić information content (AvgIpc) is 3.47. The molecule has 0 saturated heterocycles. The van der Waals surface area contributed by atoms with E-state index in [4.69, 9.17) is 14.3 Å². The highest BCUT2D eigenvalue weighted by Crippen LogP contribution is 2.32. The van der Waals surface area contributed by atoms with Crippen LogP contribution in [0.2, 0.25) is 0 Å². The Hall–Kier alpha value is -3.68. The molecule has 0 fully saturated rings. The number of rotatable bonds is 12. The van der Waals surface area contributed by atoms with Crippen molar-refractivity contribution in [3.8, 4) is 17.3 Å². The summed E-state index contributed by atoms with van der Waals surface area (Å²) in [5.41, 5.74) is 2.46. The van der Waals surface area contributed by atoms with Gasteiger partial charge in [-0.3, -0.25) is 4.90 Å². The monoisotopic (exact) mass is 475 g/mol. The number of aliphatic hydroxyl groups excluding tert-OH is 1. The summed E-state index contributed by atoms with van der Waals surface area (Å²) < 4.78 is 27.5. The van der Waals surface area contributed by atoms with Crippen molar-refractivity contribution in [3.63, 3.8) is 0 Å². The maximum atomic E-state index is 13.9. The number of furan rings is 1. The standard InChI is InChI=1S/C28H30FN3O3/c1-3-4-13-24(33)18-31(19-26-15-9-16-34-26)20-27-21(2)30-32(23-11-6-5-7-12-23)28(27)35-25-14-8-10-22(29)17-25/h3,5-12,14-17,24,33H,1,4,13,18-20H2,2H3/t24-/m0/s1. The molecule has 0 unspecified atom stereocenters. The van der Waals surface area contributed by atoms with Gasteiger partial charge in [0.05, 0.1) is 35.9 Å². The van der Waals surface area contributed by atoms with Crippen LogP contribution < -0.4 is 4.74 Å². The van der Waals surface area contributed by atoms with Gasteiger partial charge >= 0.3 is 0 Å². The minimum absolute atomic E-state index is 0.378. The zero-order chi connectivity index (χ0) is 24.6. The highest BCUT2D eigenvalue weighted by molar-refractivity contribution is 5.43. The number of allylic oxidation sites excluding steroid dienone is 1. The molecule has 6 nitrogen and oxygen atoms in total. The zero-order valence-electron chi connectivity index (χ0n) is 19.8. The molecule has 0 spiro atoms. The zero-order valence-corrected chi connectivity index (χ0v) is 19.8. The van der Waals surface area contributed by atoms with Gasteiger partial charge in [-0.05, 0) is 56.2 Å². The quantitative estimate of drug-likeness (QED) is 0.253. The molecule has 1 atom stereocenters. The molecule has 0 aliphatic rings. The van der Waals surface area contributed by atoms with Crippen molar-refractivity contribution in [2.24, 2.45) is 0 Å². The van der Waals surface area contributed by atoms with E-state index in [1.807, 2.05) is 49.4 Å². The van der Waals surface area contributed by atoms with Crippen LogP contribution in [0.15, 0.2) is 90.1 Å². The molecular formula is C28H30FN3O3. The van der Waals surface area contributed by atoms with Gasteiger partial charge in [0.25, 0.3) is 0 Å². The molecule has 2 heterocycles. The highest BCUT2D eigenvalue weighted by atomic mass is 19.1. The number of hydrogen-bond donors (Lipinski definition) is 1. The van der Waals surface area contributed by atoms with Gasteiger partial charge in [-0.25, -0.2) is 9.07 Å². The van der Waals surface area contributed by atoms with Crippen molar-refractivity contribution in [2.75, 3.05) is 6.54 Å². The fourth-order valence-corrected chi connectivity index (χ4v) is 3.94. The van der Waals surface area contributed by atoms with Crippen molar-refractivity contribution >= 4 is 0 Å². The van der Waals surface area contributed by atoms with Crippen LogP contribution in [0.1, 0.15) is 29.9 Å². The Morgan fingerprint density at radius 3 is 2.69 bits per heavy atom. The summed E-state index contributed by atoms with van der Waals surface area (Å²) in [5, 5.41) is 15.4. The van der Waals surface area contributed by atoms with Crippen LogP contribution in [0.5, 0.6) is 11.6 Å². The molecule has 4 aromatic rings. The predicted octanol–water partition coefficient (Wildman–Crippen LogP) is 6.03. The molecule has 7 heteroatoms. The Balaban J connectivity index is 1.69. The second-order valence-electron chi connectivity index (χ2n) is 8.44. The average molecular weight is 476 g/mol. The van der Waals surface area contributed by atoms with Gasteiger partial charge in [0, 0.05) is 19.2 Å². The van der Waals surface area contributed by atoms with Crippen LogP contribution in [-0.2, 0) is 13.1 Å². The van der Waals surface area contributed by atoms with Crippen LogP contribution in [-0.4, -0.2) is 32.4 Å². The number of aromatic nitrogens is 2. The molecule has 0 saturated carbocycles. The number of ether oxygens (including phenoxy) is 1. The van der Waals surface area contributed by atoms with Crippen molar-refractivity contribution in [3.05, 3.63) is 108 Å². The van der Waals surface area contributed by atoms with Gasteiger partial charge in [-0.1, -0.05) is 30.3 Å². The predicted molar refractivity (Wildman–Crippen MR) is 133 cm³/mol.